The minimum atomic E-state index is 0.225. The monoisotopic (exact) mass is 188 g/mol. The summed E-state index contributed by atoms with van der Waals surface area (Å²) in [5, 5.41) is 18.3. The van der Waals surface area contributed by atoms with Crippen molar-refractivity contribution in [2.75, 3.05) is 13.2 Å². The zero-order valence-corrected chi connectivity index (χ0v) is 9.00. The average Bonchev–Trinajstić information content (AvgIpc) is 2.17. The summed E-state index contributed by atoms with van der Waals surface area (Å²) >= 11 is 0. The van der Waals surface area contributed by atoms with Crippen molar-refractivity contribution < 1.29 is 10.2 Å². The van der Waals surface area contributed by atoms with Crippen LogP contribution in [-0.4, -0.2) is 23.4 Å². The van der Waals surface area contributed by atoms with Crippen LogP contribution in [0, 0.1) is 11.8 Å². The lowest BCUT2D eigenvalue weighted by atomic mass is 9.86. The quantitative estimate of drug-likeness (QED) is 0.613. The van der Waals surface area contributed by atoms with Gasteiger partial charge in [-0.05, 0) is 24.7 Å². The van der Waals surface area contributed by atoms with Crippen molar-refractivity contribution in [3.05, 3.63) is 0 Å². The molecule has 0 aromatic heterocycles. The van der Waals surface area contributed by atoms with Crippen molar-refractivity contribution in [1.82, 2.24) is 0 Å². The number of unbranched alkanes of at least 4 members (excludes halogenated alkanes) is 1. The third kappa shape index (κ3) is 5.27. The maximum Gasteiger partial charge on any atom is 0.0462 e. The third-order valence-corrected chi connectivity index (χ3v) is 2.72. The fourth-order valence-electron chi connectivity index (χ4n) is 1.79. The molecule has 0 aliphatic carbocycles. The smallest absolute Gasteiger partial charge is 0.0462 e. The molecule has 0 heterocycles. The highest BCUT2D eigenvalue weighted by Gasteiger charge is 2.18. The van der Waals surface area contributed by atoms with Gasteiger partial charge in [-0.1, -0.05) is 33.1 Å². The van der Waals surface area contributed by atoms with Crippen LogP contribution < -0.4 is 0 Å². The van der Waals surface area contributed by atoms with E-state index in [9.17, 15) is 0 Å². The Balaban J connectivity index is 3.84. The van der Waals surface area contributed by atoms with Crippen LogP contribution in [-0.2, 0) is 0 Å². The summed E-state index contributed by atoms with van der Waals surface area (Å²) in [5.74, 6) is 0.617. The topological polar surface area (TPSA) is 40.5 Å². The first-order valence-electron chi connectivity index (χ1n) is 5.51. The predicted octanol–water partition coefficient (Wildman–Crippen LogP) is 2.19. The standard InChI is InChI=1S/C11H24O2/c1-3-5-7-11(9-13)10(8-12)6-4-2/h10-13H,3-9H2,1-2H3. The van der Waals surface area contributed by atoms with Crippen LogP contribution in [0.3, 0.4) is 0 Å². The van der Waals surface area contributed by atoms with Crippen molar-refractivity contribution >= 4 is 0 Å². The minimum absolute atomic E-state index is 0.225. The molecule has 2 unspecified atom stereocenters. The summed E-state index contributed by atoms with van der Waals surface area (Å²) in [4.78, 5) is 0. The van der Waals surface area contributed by atoms with Gasteiger partial charge in [-0.3, -0.25) is 0 Å². The van der Waals surface area contributed by atoms with Crippen LogP contribution in [0.2, 0.25) is 0 Å². The maximum atomic E-state index is 9.17. The zero-order chi connectivity index (χ0) is 10.1. The number of aliphatic hydroxyl groups excluding tert-OH is 2. The molecule has 2 atom stereocenters. The summed E-state index contributed by atoms with van der Waals surface area (Å²) in [6.45, 7) is 4.73. The molecule has 0 saturated carbocycles. The van der Waals surface area contributed by atoms with Crippen molar-refractivity contribution in [3.63, 3.8) is 0 Å². The fraction of sp³-hybridized carbons (Fsp3) is 1.00. The van der Waals surface area contributed by atoms with Gasteiger partial charge in [0.25, 0.3) is 0 Å². The van der Waals surface area contributed by atoms with Gasteiger partial charge in [0, 0.05) is 13.2 Å². The van der Waals surface area contributed by atoms with Crippen LogP contribution in [0.15, 0.2) is 0 Å². The van der Waals surface area contributed by atoms with Gasteiger partial charge in [-0.2, -0.15) is 0 Å². The summed E-state index contributed by atoms with van der Waals surface area (Å²) in [5.41, 5.74) is 0. The highest BCUT2D eigenvalue weighted by molar-refractivity contribution is 4.68. The van der Waals surface area contributed by atoms with Crippen molar-refractivity contribution in [2.45, 2.75) is 46.0 Å². The number of hydrogen-bond acceptors (Lipinski definition) is 2. The summed E-state index contributed by atoms with van der Waals surface area (Å²) in [6.07, 6.45) is 5.50. The second-order valence-corrected chi connectivity index (χ2v) is 3.82. The number of hydrogen-bond donors (Lipinski definition) is 2. The highest BCUT2D eigenvalue weighted by Crippen LogP contribution is 2.22. The molecule has 0 spiro atoms. The molecule has 0 aromatic rings. The lowest BCUT2D eigenvalue weighted by Crippen LogP contribution is -2.21. The molecule has 0 aromatic carbocycles. The van der Waals surface area contributed by atoms with Gasteiger partial charge < -0.3 is 10.2 Å². The summed E-state index contributed by atoms with van der Waals surface area (Å²) < 4.78 is 0. The Morgan fingerprint density at radius 3 is 1.77 bits per heavy atom. The molecule has 0 aliphatic heterocycles. The van der Waals surface area contributed by atoms with Crippen LogP contribution in [0.1, 0.15) is 46.0 Å². The Kier molecular flexibility index (Phi) is 8.46. The van der Waals surface area contributed by atoms with E-state index in [1.54, 1.807) is 0 Å². The average molecular weight is 188 g/mol. The summed E-state index contributed by atoms with van der Waals surface area (Å²) in [6, 6.07) is 0. The molecule has 0 rings (SSSR count). The molecule has 0 amide bonds. The first-order chi connectivity index (χ1) is 6.29. The number of rotatable bonds is 8. The molecule has 80 valence electrons. The Hall–Kier alpha value is -0.0800. The Bertz CT molecular complexity index is 104. The third-order valence-electron chi connectivity index (χ3n) is 2.72. The van der Waals surface area contributed by atoms with Gasteiger partial charge in [0.15, 0.2) is 0 Å². The molecule has 13 heavy (non-hydrogen) atoms. The molecule has 0 radical (unpaired) electrons. The van der Waals surface area contributed by atoms with Gasteiger partial charge in [0.1, 0.15) is 0 Å². The van der Waals surface area contributed by atoms with Crippen LogP contribution in [0.5, 0.6) is 0 Å². The van der Waals surface area contributed by atoms with E-state index in [-0.39, 0.29) is 13.2 Å². The minimum Gasteiger partial charge on any atom is -0.396 e. The van der Waals surface area contributed by atoms with Crippen molar-refractivity contribution in [1.29, 1.82) is 0 Å². The van der Waals surface area contributed by atoms with E-state index in [0.717, 1.165) is 25.7 Å². The van der Waals surface area contributed by atoms with Gasteiger partial charge in [0.05, 0.1) is 0 Å². The molecule has 2 N–H and O–H groups in total. The summed E-state index contributed by atoms with van der Waals surface area (Å²) in [7, 11) is 0. The van der Waals surface area contributed by atoms with E-state index in [1.807, 2.05) is 0 Å². The van der Waals surface area contributed by atoms with Crippen molar-refractivity contribution in [3.8, 4) is 0 Å². The van der Waals surface area contributed by atoms with E-state index in [4.69, 9.17) is 10.2 Å². The van der Waals surface area contributed by atoms with E-state index in [2.05, 4.69) is 13.8 Å². The predicted molar refractivity (Wildman–Crippen MR) is 55.6 cm³/mol. The molecule has 0 aliphatic rings. The van der Waals surface area contributed by atoms with E-state index in [0.29, 0.717) is 11.8 Å². The SMILES string of the molecule is CCCCC(CO)C(CO)CCC. The second-order valence-electron chi connectivity index (χ2n) is 3.82. The molecule has 0 fully saturated rings. The van der Waals surface area contributed by atoms with Gasteiger partial charge >= 0.3 is 0 Å². The second kappa shape index (κ2) is 8.52. The van der Waals surface area contributed by atoms with E-state index >= 15 is 0 Å². The van der Waals surface area contributed by atoms with Gasteiger partial charge in [-0.15, -0.1) is 0 Å². The Morgan fingerprint density at radius 2 is 1.38 bits per heavy atom. The van der Waals surface area contributed by atoms with E-state index < -0.39 is 0 Å². The lowest BCUT2D eigenvalue weighted by molar-refractivity contribution is 0.106. The molecule has 2 heteroatoms. The van der Waals surface area contributed by atoms with Crippen LogP contribution in [0.4, 0.5) is 0 Å². The van der Waals surface area contributed by atoms with Crippen molar-refractivity contribution in [2.24, 2.45) is 11.8 Å². The number of aliphatic hydroxyl groups is 2. The normalized spacial score (nSPS) is 15.7. The molecule has 0 saturated heterocycles. The largest absolute Gasteiger partial charge is 0.396 e. The Labute approximate surface area is 82.0 Å². The first kappa shape index (κ1) is 12.9. The first-order valence-corrected chi connectivity index (χ1v) is 5.51. The molecular formula is C11H24O2. The maximum absolute atomic E-state index is 9.17. The van der Waals surface area contributed by atoms with Crippen LogP contribution >= 0.6 is 0 Å². The van der Waals surface area contributed by atoms with Crippen LogP contribution in [0.25, 0.3) is 0 Å². The van der Waals surface area contributed by atoms with Gasteiger partial charge in [0.2, 0.25) is 0 Å². The molecular weight excluding hydrogens is 164 g/mol. The van der Waals surface area contributed by atoms with E-state index in [1.165, 1.54) is 6.42 Å². The van der Waals surface area contributed by atoms with Gasteiger partial charge in [-0.25, -0.2) is 0 Å². The lowest BCUT2D eigenvalue weighted by Gasteiger charge is -2.23. The fourth-order valence-corrected chi connectivity index (χ4v) is 1.79. The zero-order valence-electron chi connectivity index (χ0n) is 9.00. The molecule has 0 bridgehead atoms. The Morgan fingerprint density at radius 1 is 0.846 bits per heavy atom. The highest BCUT2D eigenvalue weighted by atomic mass is 16.3. The molecule has 2 nitrogen and oxygen atoms in total.